The van der Waals surface area contributed by atoms with Crippen LogP contribution in [0.2, 0.25) is 0 Å². The SMILES string of the molecule is O=C(CN1CCC[C@@H]1CO)NCCc1cccs1. The second-order valence-corrected chi connectivity index (χ2v) is 5.66. The van der Waals surface area contributed by atoms with Gasteiger partial charge in [0.05, 0.1) is 13.2 Å². The minimum atomic E-state index is 0.0620. The van der Waals surface area contributed by atoms with Gasteiger partial charge in [-0.2, -0.15) is 0 Å². The number of nitrogens with one attached hydrogen (secondary N) is 1. The molecule has 1 saturated heterocycles. The molecule has 0 aliphatic carbocycles. The van der Waals surface area contributed by atoms with Gasteiger partial charge in [-0.1, -0.05) is 6.07 Å². The first-order valence-electron chi connectivity index (χ1n) is 6.43. The predicted octanol–water partition coefficient (Wildman–Crippen LogP) is 0.864. The van der Waals surface area contributed by atoms with Crippen molar-refractivity contribution in [2.24, 2.45) is 0 Å². The monoisotopic (exact) mass is 268 g/mol. The summed E-state index contributed by atoms with van der Waals surface area (Å²) in [4.78, 5) is 15.1. The molecule has 1 fully saturated rings. The summed E-state index contributed by atoms with van der Waals surface area (Å²) in [6, 6.07) is 4.28. The number of aliphatic hydroxyl groups is 1. The van der Waals surface area contributed by atoms with Crippen LogP contribution in [0.5, 0.6) is 0 Å². The molecule has 100 valence electrons. The molecule has 18 heavy (non-hydrogen) atoms. The highest BCUT2D eigenvalue weighted by Crippen LogP contribution is 2.15. The van der Waals surface area contributed by atoms with E-state index < -0.39 is 0 Å². The van der Waals surface area contributed by atoms with Crippen molar-refractivity contribution in [3.8, 4) is 0 Å². The van der Waals surface area contributed by atoms with Crippen LogP contribution in [0.1, 0.15) is 17.7 Å². The van der Waals surface area contributed by atoms with Crippen LogP contribution < -0.4 is 5.32 Å². The van der Waals surface area contributed by atoms with Crippen LogP contribution in [0.25, 0.3) is 0 Å². The van der Waals surface area contributed by atoms with Gasteiger partial charge < -0.3 is 10.4 Å². The molecule has 1 aliphatic heterocycles. The summed E-state index contributed by atoms with van der Waals surface area (Å²) in [6.45, 7) is 2.18. The summed E-state index contributed by atoms with van der Waals surface area (Å²) in [5, 5.41) is 14.2. The van der Waals surface area contributed by atoms with Gasteiger partial charge in [0.1, 0.15) is 0 Å². The lowest BCUT2D eigenvalue weighted by Gasteiger charge is -2.21. The first-order chi connectivity index (χ1) is 8.79. The van der Waals surface area contributed by atoms with Crippen molar-refractivity contribution in [1.29, 1.82) is 0 Å². The zero-order valence-electron chi connectivity index (χ0n) is 10.5. The lowest BCUT2D eigenvalue weighted by atomic mass is 10.2. The van der Waals surface area contributed by atoms with Gasteiger partial charge in [0.25, 0.3) is 0 Å². The van der Waals surface area contributed by atoms with Crippen molar-refractivity contribution in [1.82, 2.24) is 10.2 Å². The fraction of sp³-hybridized carbons (Fsp3) is 0.615. The Bertz CT molecular complexity index is 367. The number of rotatable bonds is 6. The third kappa shape index (κ3) is 3.80. The third-order valence-electron chi connectivity index (χ3n) is 3.33. The summed E-state index contributed by atoms with van der Waals surface area (Å²) >= 11 is 1.72. The Balaban J connectivity index is 1.65. The van der Waals surface area contributed by atoms with E-state index in [1.54, 1.807) is 11.3 Å². The maximum absolute atomic E-state index is 11.8. The highest BCUT2D eigenvalue weighted by Gasteiger charge is 2.25. The van der Waals surface area contributed by atoms with E-state index in [0.29, 0.717) is 13.1 Å². The molecule has 2 rings (SSSR count). The maximum atomic E-state index is 11.8. The number of likely N-dealkylation sites (tertiary alicyclic amines) is 1. The number of hydrogen-bond acceptors (Lipinski definition) is 4. The fourth-order valence-electron chi connectivity index (χ4n) is 2.33. The molecule has 2 N–H and O–H groups in total. The zero-order chi connectivity index (χ0) is 12.8. The first kappa shape index (κ1) is 13.5. The molecule has 1 aromatic rings. The minimum absolute atomic E-state index is 0.0620. The number of nitrogens with zero attached hydrogens (tertiary/aromatic N) is 1. The number of amides is 1. The van der Waals surface area contributed by atoms with E-state index in [9.17, 15) is 9.90 Å². The zero-order valence-corrected chi connectivity index (χ0v) is 11.3. The van der Waals surface area contributed by atoms with Crippen molar-refractivity contribution in [2.45, 2.75) is 25.3 Å². The molecule has 1 aromatic heterocycles. The quantitative estimate of drug-likeness (QED) is 0.805. The second kappa shape index (κ2) is 6.87. The smallest absolute Gasteiger partial charge is 0.234 e. The Morgan fingerprint density at radius 1 is 1.61 bits per heavy atom. The predicted molar refractivity (Wildman–Crippen MR) is 72.7 cm³/mol. The average Bonchev–Trinajstić information content (AvgIpc) is 3.00. The number of carbonyl (C=O) groups is 1. The van der Waals surface area contributed by atoms with Gasteiger partial charge in [-0.15, -0.1) is 11.3 Å². The Kier molecular flexibility index (Phi) is 5.16. The van der Waals surface area contributed by atoms with Crippen LogP contribution >= 0.6 is 11.3 Å². The van der Waals surface area contributed by atoms with Gasteiger partial charge in [-0.25, -0.2) is 0 Å². The Hall–Kier alpha value is -0.910. The lowest BCUT2D eigenvalue weighted by molar-refractivity contribution is -0.122. The molecule has 1 atom stereocenters. The van der Waals surface area contributed by atoms with Crippen molar-refractivity contribution < 1.29 is 9.90 Å². The van der Waals surface area contributed by atoms with Gasteiger partial charge in [0, 0.05) is 17.5 Å². The van der Waals surface area contributed by atoms with Gasteiger partial charge in [-0.05, 0) is 37.3 Å². The van der Waals surface area contributed by atoms with Crippen LogP contribution in [0.15, 0.2) is 17.5 Å². The number of thiophene rings is 1. The molecule has 0 bridgehead atoms. The topological polar surface area (TPSA) is 52.6 Å². The summed E-state index contributed by atoms with van der Waals surface area (Å²) in [6.07, 6.45) is 2.97. The number of carbonyl (C=O) groups excluding carboxylic acids is 1. The van der Waals surface area contributed by atoms with Crippen molar-refractivity contribution >= 4 is 17.2 Å². The van der Waals surface area contributed by atoms with Crippen LogP contribution in [0.3, 0.4) is 0 Å². The molecule has 0 radical (unpaired) electrons. The summed E-state index contributed by atoms with van der Waals surface area (Å²) in [7, 11) is 0. The summed E-state index contributed by atoms with van der Waals surface area (Å²) in [5.41, 5.74) is 0. The largest absolute Gasteiger partial charge is 0.395 e. The molecule has 2 heterocycles. The van der Waals surface area contributed by atoms with Gasteiger partial charge in [0.15, 0.2) is 0 Å². The van der Waals surface area contributed by atoms with Crippen LogP contribution in [0, 0.1) is 0 Å². The maximum Gasteiger partial charge on any atom is 0.234 e. The molecule has 4 nitrogen and oxygen atoms in total. The third-order valence-corrected chi connectivity index (χ3v) is 4.27. The standard InChI is InChI=1S/C13H20N2O2S/c16-10-11-3-1-7-15(11)9-13(17)14-6-5-12-4-2-8-18-12/h2,4,8,11,16H,1,3,5-7,9-10H2,(H,14,17)/t11-/m1/s1. The van der Waals surface area contributed by atoms with E-state index >= 15 is 0 Å². The van der Waals surface area contributed by atoms with Gasteiger partial charge in [-0.3, -0.25) is 9.69 Å². The Morgan fingerprint density at radius 2 is 2.50 bits per heavy atom. The summed E-state index contributed by atoms with van der Waals surface area (Å²) < 4.78 is 0. The van der Waals surface area contributed by atoms with Crippen molar-refractivity contribution in [2.75, 3.05) is 26.2 Å². The first-order valence-corrected chi connectivity index (χ1v) is 7.31. The van der Waals surface area contributed by atoms with E-state index in [2.05, 4.69) is 16.3 Å². The normalized spacial score (nSPS) is 20.2. The van der Waals surface area contributed by atoms with Crippen LogP contribution in [0.4, 0.5) is 0 Å². The minimum Gasteiger partial charge on any atom is -0.395 e. The molecular weight excluding hydrogens is 248 g/mol. The molecule has 1 amide bonds. The van der Waals surface area contributed by atoms with E-state index in [0.717, 1.165) is 25.8 Å². The molecule has 0 aromatic carbocycles. The molecule has 1 aliphatic rings. The van der Waals surface area contributed by atoms with E-state index in [4.69, 9.17) is 0 Å². The molecule has 0 saturated carbocycles. The number of aliphatic hydroxyl groups excluding tert-OH is 1. The molecule has 0 spiro atoms. The Morgan fingerprint density at radius 3 is 3.22 bits per heavy atom. The van der Waals surface area contributed by atoms with Gasteiger partial charge >= 0.3 is 0 Å². The van der Waals surface area contributed by atoms with E-state index in [1.165, 1.54) is 4.88 Å². The van der Waals surface area contributed by atoms with Crippen molar-refractivity contribution in [3.63, 3.8) is 0 Å². The molecule has 5 heteroatoms. The van der Waals surface area contributed by atoms with Crippen molar-refractivity contribution in [3.05, 3.63) is 22.4 Å². The van der Waals surface area contributed by atoms with Gasteiger partial charge in [0.2, 0.25) is 5.91 Å². The van der Waals surface area contributed by atoms with Crippen LogP contribution in [-0.2, 0) is 11.2 Å². The summed E-state index contributed by atoms with van der Waals surface area (Å²) in [5.74, 6) is 0.0620. The fourth-order valence-corrected chi connectivity index (χ4v) is 3.04. The Labute approximate surface area is 112 Å². The number of hydrogen-bond donors (Lipinski definition) is 2. The van der Waals surface area contributed by atoms with E-state index in [1.807, 2.05) is 11.4 Å². The lowest BCUT2D eigenvalue weighted by Crippen LogP contribution is -2.41. The highest BCUT2D eigenvalue weighted by molar-refractivity contribution is 7.09. The van der Waals surface area contributed by atoms with Crippen LogP contribution in [-0.4, -0.2) is 48.2 Å². The average molecular weight is 268 g/mol. The molecular formula is C13H20N2O2S. The van der Waals surface area contributed by atoms with E-state index in [-0.39, 0.29) is 18.6 Å². The highest BCUT2D eigenvalue weighted by atomic mass is 32.1. The second-order valence-electron chi connectivity index (χ2n) is 4.63. The molecule has 0 unspecified atom stereocenters.